The molecule has 1 heterocycles. The first kappa shape index (κ1) is 16.7. The van der Waals surface area contributed by atoms with Gasteiger partial charge in [0.05, 0.1) is 18.8 Å². The van der Waals surface area contributed by atoms with Crippen LogP contribution in [-0.4, -0.2) is 76.6 Å². The van der Waals surface area contributed by atoms with Crippen LogP contribution in [0.4, 0.5) is 0 Å². The van der Waals surface area contributed by atoms with Crippen LogP contribution >= 0.6 is 0 Å². The quantitative estimate of drug-likeness (QED) is 0.587. The molecule has 0 aromatic carbocycles. The summed E-state index contributed by atoms with van der Waals surface area (Å²) in [7, 11) is 3.56. The number of hydrogen-bond donors (Lipinski definition) is 1. The zero-order valence-corrected chi connectivity index (χ0v) is 13.2. The molecule has 2 aliphatic rings. The number of rotatable bonds is 10. The second kappa shape index (κ2) is 8.68. The van der Waals surface area contributed by atoms with Gasteiger partial charge in [0, 0.05) is 46.3 Å². The first-order valence-electron chi connectivity index (χ1n) is 7.86. The molecule has 2 rings (SSSR count). The molecule has 6 nitrogen and oxygen atoms in total. The van der Waals surface area contributed by atoms with Crippen LogP contribution in [0.15, 0.2) is 0 Å². The minimum atomic E-state index is 0.0466. The molecule has 0 bridgehead atoms. The van der Waals surface area contributed by atoms with E-state index in [9.17, 15) is 4.79 Å². The topological polar surface area (TPSA) is 60.0 Å². The van der Waals surface area contributed by atoms with E-state index in [0.29, 0.717) is 37.9 Å². The largest absolute Gasteiger partial charge is 0.381 e. The van der Waals surface area contributed by atoms with Gasteiger partial charge in [0.25, 0.3) is 0 Å². The fourth-order valence-electron chi connectivity index (χ4n) is 2.41. The van der Waals surface area contributed by atoms with Crippen LogP contribution < -0.4 is 5.32 Å². The predicted molar refractivity (Wildman–Crippen MR) is 79.2 cm³/mol. The molecule has 2 fully saturated rings. The Kier molecular flexibility index (Phi) is 6.89. The lowest BCUT2D eigenvalue weighted by Crippen LogP contribution is -2.45. The molecule has 0 aromatic rings. The number of hydrogen-bond acceptors (Lipinski definition) is 5. The second-order valence-corrected chi connectivity index (χ2v) is 6.03. The summed E-state index contributed by atoms with van der Waals surface area (Å²) >= 11 is 0. The monoisotopic (exact) mass is 300 g/mol. The Morgan fingerprint density at radius 2 is 2.05 bits per heavy atom. The molecule has 1 amide bonds. The maximum atomic E-state index is 11.8. The van der Waals surface area contributed by atoms with Crippen LogP contribution in [0.5, 0.6) is 0 Å². The molecule has 1 saturated carbocycles. The van der Waals surface area contributed by atoms with Crippen LogP contribution in [0.25, 0.3) is 0 Å². The number of amides is 1. The van der Waals surface area contributed by atoms with E-state index in [1.807, 2.05) is 7.05 Å². The Morgan fingerprint density at radius 3 is 2.67 bits per heavy atom. The van der Waals surface area contributed by atoms with E-state index >= 15 is 0 Å². The average molecular weight is 300 g/mol. The van der Waals surface area contributed by atoms with E-state index in [1.165, 1.54) is 0 Å². The lowest BCUT2D eigenvalue weighted by Gasteiger charge is -2.34. The number of methoxy groups -OCH3 is 1. The van der Waals surface area contributed by atoms with Gasteiger partial charge in [-0.2, -0.15) is 0 Å². The van der Waals surface area contributed by atoms with Gasteiger partial charge in [-0.3, -0.25) is 4.79 Å². The SMILES string of the molecule is COC1CC(OCCCN(C)C(=O)COCC2CNC2)C1. The van der Waals surface area contributed by atoms with Crippen LogP contribution in [0.2, 0.25) is 0 Å². The Labute approximate surface area is 127 Å². The Hall–Kier alpha value is -0.690. The first-order valence-corrected chi connectivity index (χ1v) is 7.86. The van der Waals surface area contributed by atoms with Crippen molar-refractivity contribution in [2.45, 2.75) is 31.5 Å². The summed E-state index contributed by atoms with van der Waals surface area (Å²) < 4.78 is 16.4. The summed E-state index contributed by atoms with van der Waals surface area (Å²) in [6.07, 6.45) is 3.57. The van der Waals surface area contributed by atoms with Crippen molar-refractivity contribution in [3.63, 3.8) is 0 Å². The number of ether oxygens (including phenoxy) is 3. The van der Waals surface area contributed by atoms with Gasteiger partial charge in [-0.15, -0.1) is 0 Å². The number of carbonyl (C=O) groups excluding carboxylic acids is 1. The van der Waals surface area contributed by atoms with E-state index < -0.39 is 0 Å². The Bertz CT molecular complexity index is 317. The Balaban J connectivity index is 1.42. The van der Waals surface area contributed by atoms with Gasteiger partial charge >= 0.3 is 0 Å². The van der Waals surface area contributed by atoms with Crippen molar-refractivity contribution in [3.05, 3.63) is 0 Å². The van der Waals surface area contributed by atoms with E-state index in [4.69, 9.17) is 14.2 Å². The van der Waals surface area contributed by atoms with E-state index in [-0.39, 0.29) is 12.5 Å². The number of nitrogens with zero attached hydrogens (tertiary/aromatic N) is 1. The van der Waals surface area contributed by atoms with Gasteiger partial charge in [0.2, 0.25) is 5.91 Å². The third-order valence-electron chi connectivity index (χ3n) is 4.25. The molecule has 1 N–H and O–H groups in total. The molecule has 0 unspecified atom stereocenters. The Morgan fingerprint density at radius 1 is 1.29 bits per heavy atom. The molecule has 0 aromatic heterocycles. The van der Waals surface area contributed by atoms with Crippen molar-refractivity contribution in [1.82, 2.24) is 10.2 Å². The lowest BCUT2D eigenvalue weighted by molar-refractivity contribution is -0.135. The summed E-state index contributed by atoms with van der Waals surface area (Å²) in [5, 5.41) is 3.18. The molecule has 0 atom stereocenters. The average Bonchev–Trinajstić information content (AvgIpc) is 2.38. The smallest absolute Gasteiger partial charge is 0.248 e. The zero-order valence-electron chi connectivity index (χ0n) is 13.2. The predicted octanol–water partition coefficient (Wildman–Crippen LogP) is 0.265. The highest BCUT2D eigenvalue weighted by atomic mass is 16.5. The fourth-order valence-corrected chi connectivity index (χ4v) is 2.41. The standard InChI is InChI=1S/C15H28N2O4/c1-17(15(18)11-20-10-12-8-16-9-12)4-3-5-21-14-6-13(7-14)19-2/h12-14,16H,3-11H2,1-2H3. The van der Waals surface area contributed by atoms with Gasteiger partial charge < -0.3 is 24.4 Å². The van der Waals surface area contributed by atoms with E-state index in [0.717, 1.165) is 32.4 Å². The first-order chi connectivity index (χ1) is 10.2. The molecule has 1 saturated heterocycles. The number of nitrogens with one attached hydrogen (secondary N) is 1. The van der Waals surface area contributed by atoms with E-state index in [1.54, 1.807) is 12.0 Å². The van der Waals surface area contributed by atoms with Crippen molar-refractivity contribution < 1.29 is 19.0 Å². The third-order valence-corrected chi connectivity index (χ3v) is 4.25. The van der Waals surface area contributed by atoms with Crippen LogP contribution in [0.1, 0.15) is 19.3 Å². The van der Waals surface area contributed by atoms with E-state index in [2.05, 4.69) is 5.32 Å². The van der Waals surface area contributed by atoms with Gasteiger partial charge in [0.1, 0.15) is 6.61 Å². The lowest BCUT2D eigenvalue weighted by atomic mass is 9.92. The van der Waals surface area contributed by atoms with Crippen LogP contribution in [0, 0.1) is 5.92 Å². The number of carbonyl (C=O) groups is 1. The maximum absolute atomic E-state index is 11.8. The summed E-state index contributed by atoms with van der Waals surface area (Å²) in [4.78, 5) is 13.6. The highest BCUT2D eigenvalue weighted by molar-refractivity contribution is 5.77. The third kappa shape index (κ3) is 5.54. The summed E-state index contributed by atoms with van der Waals surface area (Å²) in [5.41, 5.74) is 0. The van der Waals surface area contributed by atoms with Crippen molar-refractivity contribution in [3.8, 4) is 0 Å². The highest BCUT2D eigenvalue weighted by Gasteiger charge is 2.29. The molecular formula is C15H28N2O4. The second-order valence-electron chi connectivity index (χ2n) is 6.03. The normalized spacial score (nSPS) is 25.2. The molecule has 1 aliphatic carbocycles. The highest BCUT2D eigenvalue weighted by Crippen LogP contribution is 2.25. The van der Waals surface area contributed by atoms with Crippen LogP contribution in [-0.2, 0) is 19.0 Å². The van der Waals surface area contributed by atoms with Crippen molar-refractivity contribution >= 4 is 5.91 Å². The maximum Gasteiger partial charge on any atom is 0.248 e. The molecule has 1 aliphatic heterocycles. The van der Waals surface area contributed by atoms with Gasteiger partial charge in [-0.05, 0) is 19.3 Å². The number of likely N-dealkylation sites (N-methyl/N-ethyl adjacent to an activating group) is 1. The fraction of sp³-hybridized carbons (Fsp3) is 0.933. The minimum absolute atomic E-state index is 0.0466. The summed E-state index contributed by atoms with van der Waals surface area (Å²) in [5.74, 6) is 0.625. The molecule has 0 radical (unpaired) electrons. The van der Waals surface area contributed by atoms with Crippen molar-refractivity contribution in [1.29, 1.82) is 0 Å². The molecule has 0 spiro atoms. The van der Waals surface area contributed by atoms with Crippen molar-refractivity contribution in [2.75, 3.05) is 53.6 Å². The van der Waals surface area contributed by atoms with Gasteiger partial charge in [0.15, 0.2) is 0 Å². The molecule has 122 valence electrons. The molecule has 21 heavy (non-hydrogen) atoms. The molecular weight excluding hydrogens is 272 g/mol. The van der Waals surface area contributed by atoms with Gasteiger partial charge in [-0.1, -0.05) is 0 Å². The van der Waals surface area contributed by atoms with Gasteiger partial charge in [-0.25, -0.2) is 0 Å². The summed E-state index contributed by atoms with van der Waals surface area (Å²) in [6, 6.07) is 0. The summed E-state index contributed by atoms with van der Waals surface area (Å²) in [6.45, 7) is 4.30. The zero-order chi connectivity index (χ0) is 15.1. The van der Waals surface area contributed by atoms with Crippen LogP contribution in [0.3, 0.4) is 0 Å². The minimum Gasteiger partial charge on any atom is -0.381 e. The van der Waals surface area contributed by atoms with Crippen molar-refractivity contribution in [2.24, 2.45) is 5.92 Å². The molecule has 6 heteroatoms.